The Labute approximate surface area is 131 Å². The summed E-state index contributed by atoms with van der Waals surface area (Å²) in [6.45, 7) is 3.40. The number of halogens is 2. The summed E-state index contributed by atoms with van der Waals surface area (Å²) in [5.41, 5.74) is 7.02. The minimum absolute atomic E-state index is 0.176. The van der Waals surface area contributed by atoms with Crippen LogP contribution in [0.4, 0.5) is 4.39 Å². The van der Waals surface area contributed by atoms with Crippen LogP contribution < -0.4 is 5.73 Å². The second kappa shape index (κ2) is 6.80. The SMILES string of the molecule is Cc1sc(C(CN)N(C)Cc2ccc(F)cc2)cc1Br. The molecule has 0 bridgehead atoms. The lowest BCUT2D eigenvalue weighted by Gasteiger charge is -2.26. The van der Waals surface area contributed by atoms with Crippen molar-refractivity contribution in [2.24, 2.45) is 5.73 Å². The summed E-state index contributed by atoms with van der Waals surface area (Å²) < 4.78 is 14.1. The number of rotatable bonds is 5. The molecule has 0 aliphatic rings. The number of likely N-dealkylation sites (N-methyl/N-ethyl adjacent to an activating group) is 1. The molecule has 1 heterocycles. The first-order chi connectivity index (χ1) is 9.51. The molecule has 108 valence electrons. The van der Waals surface area contributed by atoms with Crippen molar-refractivity contribution < 1.29 is 4.39 Å². The van der Waals surface area contributed by atoms with Crippen molar-refractivity contribution >= 4 is 27.3 Å². The lowest BCUT2D eigenvalue weighted by molar-refractivity contribution is 0.245. The molecule has 20 heavy (non-hydrogen) atoms. The minimum atomic E-state index is -0.204. The summed E-state index contributed by atoms with van der Waals surface area (Å²) in [6.07, 6.45) is 0. The van der Waals surface area contributed by atoms with Crippen LogP contribution in [-0.4, -0.2) is 18.5 Å². The number of benzene rings is 1. The summed E-state index contributed by atoms with van der Waals surface area (Å²) in [6, 6.07) is 8.93. The highest BCUT2D eigenvalue weighted by Crippen LogP contribution is 2.33. The number of nitrogens with zero attached hydrogens (tertiary/aromatic N) is 1. The van der Waals surface area contributed by atoms with Gasteiger partial charge in [0.05, 0.1) is 6.04 Å². The van der Waals surface area contributed by atoms with Crippen molar-refractivity contribution in [3.8, 4) is 0 Å². The number of hydrogen-bond acceptors (Lipinski definition) is 3. The maximum absolute atomic E-state index is 12.9. The maximum atomic E-state index is 12.9. The van der Waals surface area contributed by atoms with E-state index in [1.54, 1.807) is 11.3 Å². The number of hydrogen-bond donors (Lipinski definition) is 1. The molecule has 1 unspecified atom stereocenters. The van der Waals surface area contributed by atoms with Crippen molar-refractivity contribution in [3.63, 3.8) is 0 Å². The second-order valence-electron chi connectivity index (χ2n) is 4.85. The quantitative estimate of drug-likeness (QED) is 0.873. The fourth-order valence-corrected chi connectivity index (χ4v) is 3.89. The molecule has 0 saturated heterocycles. The molecule has 2 aromatic rings. The van der Waals surface area contributed by atoms with Crippen LogP contribution in [0.25, 0.3) is 0 Å². The van der Waals surface area contributed by atoms with Crippen molar-refractivity contribution in [1.82, 2.24) is 4.90 Å². The monoisotopic (exact) mass is 356 g/mol. The Morgan fingerprint density at radius 1 is 1.35 bits per heavy atom. The van der Waals surface area contributed by atoms with Crippen LogP contribution in [0.2, 0.25) is 0 Å². The molecular weight excluding hydrogens is 339 g/mol. The molecule has 0 spiro atoms. The number of aryl methyl sites for hydroxylation is 1. The van der Waals surface area contributed by atoms with Gasteiger partial charge in [-0.15, -0.1) is 11.3 Å². The predicted molar refractivity (Wildman–Crippen MR) is 86.4 cm³/mol. The third-order valence-electron chi connectivity index (χ3n) is 3.31. The van der Waals surface area contributed by atoms with E-state index in [9.17, 15) is 4.39 Å². The Bertz CT molecular complexity index is 548. The van der Waals surface area contributed by atoms with E-state index in [2.05, 4.69) is 33.8 Å². The molecule has 0 saturated carbocycles. The van der Waals surface area contributed by atoms with Crippen LogP contribution in [0.5, 0.6) is 0 Å². The molecule has 0 amide bonds. The molecule has 0 fully saturated rings. The van der Waals surface area contributed by atoms with Gasteiger partial charge in [-0.2, -0.15) is 0 Å². The first-order valence-electron chi connectivity index (χ1n) is 6.42. The second-order valence-corrected chi connectivity index (χ2v) is 6.99. The Morgan fingerprint density at radius 2 is 2.00 bits per heavy atom. The molecular formula is C15H18BrFN2S. The molecule has 1 atom stereocenters. The van der Waals surface area contributed by atoms with Crippen LogP contribution in [0.15, 0.2) is 34.8 Å². The van der Waals surface area contributed by atoms with Crippen LogP contribution in [0, 0.1) is 12.7 Å². The van der Waals surface area contributed by atoms with Gasteiger partial charge >= 0.3 is 0 Å². The molecule has 1 aromatic carbocycles. The van der Waals surface area contributed by atoms with Crippen LogP contribution in [0.3, 0.4) is 0 Å². The predicted octanol–water partition coefficient (Wildman–Crippen LogP) is 4.09. The lowest BCUT2D eigenvalue weighted by atomic mass is 10.1. The zero-order chi connectivity index (χ0) is 14.7. The van der Waals surface area contributed by atoms with E-state index >= 15 is 0 Å². The Morgan fingerprint density at radius 3 is 2.50 bits per heavy atom. The van der Waals surface area contributed by atoms with Gasteiger partial charge in [-0.1, -0.05) is 12.1 Å². The van der Waals surface area contributed by atoms with E-state index in [4.69, 9.17) is 5.73 Å². The van der Waals surface area contributed by atoms with Crippen LogP contribution in [-0.2, 0) is 6.54 Å². The summed E-state index contributed by atoms with van der Waals surface area (Å²) in [5.74, 6) is -0.204. The molecule has 0 aliphatic heterocycles. The zero-order valence-corrected chi connectivity index (χ0v) is 14.0. The fourth-order valence-electron chi connectivity index (χ4n) is 2.15. The molecule has 0 radical (unpaired) electrons. The van der Waals surface area contributed by atoms with Gasteiger partial charge in [-0.05, 0) is 53.7 Å². The highest BCUT2D eigenvalue weighted by atomic mass is 79.9. The molecule has 1 aromatic heterocycles. The summed E-state index contributed by atoms with van der Waals surface area (Å²) in [5, 5.41) is 0. The van der Waals surface area contributed by atoms with E-state index in [1.807, 2.05) is 19.2 Å². The van der Waals surface area contributed by atoms with E-state index < -0.39 is 0 Å². The standard InChI is InChI=1S/C15H18BrFN2S/c1-10-13(16)7-15(20-10)14(8-18)19(2)9-11-3-5-12(17)6-4-11/h3-7,14H,8-9,18H2,1-2H3. The maximum Gasteiger partial charge on any atom is 0.123 e. The highest BCUT2D eigenvalue weighted by Gasteiger charge is 2.18. The van der Waals surface area contributed by atoms with Gasteiger partial charge in [0.25, 0.3) is 0 Å². The van der Waals surface area contributed by atoms with Gasteiger partial charge in [-0.25, -0.2) is 4.39 Å². The van der Waals surface area contributed by atoms with Crippen molar-refractivity contribution in [2.75, 3.05) is 13.6 Å². The van der Waals surface area contributed by atoms with Gasteiger partial charge in [0.15, 0.2) is 0 Å². The molecule has 2 rings (SSSR count). The average Bonchev–Trinajstić information content (AvgIpc) is 2.73. The molecule has 2 nitrogen and oxygen atoms in total. The minimum Gasteiger partial charge on any atom is -0.329 e. The Hall–Kier alpha value is -0.750. The first-order valence-corrected chi connectivity index (χ1v) is 8.02. The third-order valence-corrected chi connectivity index (χ3v) is 5.54. The zero-order valence-electron chi connectivity index (χ0n) is 11.6. The van der Waals surface area contributed by atoms with E-state index in [-0.39, 0.29) is 11.9 Å². The average molecular weight is 357 g/mol. The first kappa shape index (κ1) is 15.6. The number of nitrogens with two attached hydrogens (primary N) is 1. The van der Waals surface area contributed by atoms with Gasteiger partial charge in [0, 0.05) is 27.3 Å². The Balaban J connectivity index is 2.12. The lowest BCUT2D eigenvalue weighted by Crippen LogP contribution is -2.29. The van der Waals surface area contributed by atoms with Crippen molar-refractivity contribution in [2.45, 2.75) is 19.5 Å². The normalized spacial score (nSPS) is 12.9. The fraction of sp³-hybridized carbons (Fsp3) is 0.333. The van der Waals surface area contributed by atoms with Crippen molar-refractivity contribution in [1.29, 1.82) is 0 Å². The number of thiophene rings is 1. The van der Waals surface area contributed by atoms with E-state index in [0.29, 0.717) is 6.54 Å². The van der Waals surface area contributed by atoms with Gasteiger partial charge in [-0.3, -0.25) is 4.90 Å². The van der Waals surface area contributed by atoms with Crippen molar-refractivity contribution in [3.05, 3.63) is 55.9 Å². The van der Waals surface area contributed by atoms with Gasteiger partial charge < -0.3 is 5.73 Å². The smallest absolute Gasteiger partial charge is 0.123 e. The van der Waals surface area contributed by atoms with Crippen LogP contribution >= 0.6 is 27.3 Å². The highest BCUT2D eigenvalue weighted by molar-refractivity contribution is 9.10. The topological polar surface area (TPSA) is 29.3 Å². The molecule has 0 aliphatic carbocycles. The van der Waals surface area contributed by atoms with E-state index in [1.165, 1.54) is 21.9 Å². The summed E-state index contributed by atoms with van der Waals surface area (Å²) in [7, 11) is 2.05. The van der Waals surface area contributed by atoms with Crippen LogP contribution in [0.1, 0.15) is 21.4 Å². The Kier molecular flexibility index (Phi) is 5.32. The largest absolute Gasteiger partial charge is 0.329 e. The van der Waals surface area contributed by atoms with Gasteiger partial charge in [0.1, 0.15) is 5.82 Å². The van der Waals surface area contributed by atoms with Gasteiger partial charge in [0.2, 0.25) is 0 Å². The third kappa shape index (κ3) is 3.67. The summed E-state index contributed by atoms with van der Waals surface area (Å²) in [4.78, 5) is 4.71. The molecule has 2 N–H and O–H groups in total. The molecule has 5 heteroatoms. The van der Waals surface area contributed by atoms with E-state index in [0.717, 1.165) is 16.6 Å². The summed E-state index contributed by atoms with van der Waals surface area (Å²) >= 11 is 5.31.